The van der Waals surface area contributed by atoms with Gasteiger partial charge in [-0.3, -0.25) is 4.57 Å². The number of benzene rings is 2. The standard InChI is InChI=1S/C21H23N5O4S2/c27-15-5-2-8-25(11-15)18-10-16(6-7-17(18)19(28)29)30-12-22-13-3-1-4-14(9-13)26-20(31)23-24-21(26)32/h1,3-4,6-7,9-10,15,22,27H,2,5,8,11-12H2,(H,23,31)(H,24,32)(H,28,29). The molecule has 11 heteroatoms. The van der Waals surface area contributed by atoms with E-state index in [0.29, 0.717) is 34.8 Å². The van der Waals surface area contributed by atoms with Crippen LogP contribution in [-0.4, -0.2) is 56.9 Å². The molecular formula is C21H23N5O4S2. The number of hydrogen-bond donors (Lipinski definition) is 5. The lowest BCUT2D eigenvalue weighted by Gasteiger charge is -2.33. The second-order valence-corrected chi connectivity index (χ2v) is 8.18. The summed E-state index contributed by atoms with van der Waals surface area (Å²) in [5.74, 6) is -0.481. The highest BCUT2D eigenvalue weighted by molar-refractivity contribution is 7.80. The molecule has 1 aromatic heterocycles. The van der Waals surface area contributed by atoms with Gasteiger partial charge < -0.3 is 25.2 Å². The molecule has 0 saturated carbocycles. The number of nitrogens with one attached hydrogen (secondary N) is 1. The van der Waals surface area contributed by atoms with Gasteiger partial charge in [0, 0.05) is 24.8 Å². The molecule has 0 aliphatic carbocycles. The van der Waals surface area contributed by atoms with Gasteiger partial charge in [0.1, 0.15) is 5.75 Å². The van der Waals surface area contributed by atoms with Gasteiger partial charge in [-0.05, 0) is 43.2 Å². The fourth-order valence-corrected chi connectivity index (χ4v) is 4.26. The van der Waals surface area contributed by atoms with Gasteiger partial charge in [-0.15, -0.1) is 35.5 Å². The Bertz CT molecular complexity index is 1100. The van der Waals surface area contributed by atoms with E-state index >= 15 is 0 Å². The average Bonchev–Trinajstić information content (AvgIpc) is 3.11. The van der Waals surface area contributed by atoms with Gasteiger partial charge in [0.2, 0.25) is 0 Å². The van der Waals surface area contributed by atoms with Crippen molar-refractivity contribution < 1.29 is 19.7 Å². The Hall–Kier alpha value is -2.89. The third-order valence-electron chi connectivity index (χ3n) is 5.19. The first-order chi connectivity index (χ1) is 15.4. The Kier molecular flexibility index (Phi) is 6.77. The van der Waals surface area contributed by atoms with E-state index in [1.165, 1.54) is 6.07 Å². The Balaban J connectivity index is 1.46. The first-order valence-corrected chi connectivity index (χ1v) is 10.9. The zero-order valence-corrected chi connectivity index (χ0v) is 18.8. The van der Waals surface area contributed by atoms with Crippen LogP contribution in [0.4, 0.5) is 11.4 Å². The van der Waals surface area contributed by atoms with E-state index in [1.54, 1.807) is 16.7 Å². The van der Waals surface area contributed by atoms with Gasteiger partial charge in [0.15, 0.2) is 17.0 Å². The number of carbonyl (C=O) groups is 1. The number of ether oxygens (including phenoxy) is 1. The van der Waals surface area contributed by atoms with E-state index in [4.69, 9.17) is 4.74 Å². The van der Waals surface area contributed by atoms with E-state index in [0.717, 1.165) is 24.2 Å². The summed E-state index contributed by atoms with van der Waals surface area (Å²) in [5.41, 5.74) is 2.34. The number of β-amino-alcohol motifs (C(OH)–C–C–N with tert-alkyl or cyclic N) is 1. The predicted molar refractivity (Wildman–Crippen MR) is 126 cm³/mol. The number of nitrogens with zero attached hydrogens (tertiary/aromatic N) is 4. The number of rotatable bonds is 7. The minimum Gasteiger partial charge on any atom is -0.478 e. The van der Waals surface area contributed by atoms with Crippen molar-refractivity contribution >= 4 is 42.6 Å². The van der Waals surface area contributed by atoms with Crippen LogP contribution in [0.5, 0.6) is 5.75 Å². The van der Waals surface area contributed by atoms with Crippen LogP contribution >= 0.6 is 25.3 Å². The number of aromatic carboxylic acids is 1. The number of thiol groups is 2. The second kappa shape index (κ2) is 9.72. The molecule has 4 rings (SSSR count). The van der Waals surface area contributed by atoms with Crippen molar-refractivity contribution in [3.63, 3.8) is 0 Å². The highest BCUT2D eigenvalue weighted by atomic mass is 32.1. The smallest absolute Gasteiger partial charge is 0.337 e. The molecule has 2 heterocycles. The molecule has 0 amide bonds. The van der Waals surface area contributed by atoms with Crippen molar-refractivity contribution in [2.75, 3.05) is 30.0 Å². The minimum absolute atomic E-state index is 0.168. The van der Waals surface area contributed by atoms with Crippen LogP contribution in [0, 0.1) is 0 Å². The molecule has 0 spiro atoms. The van der Waals surface area contributed by atoms with Crippen LogP contribution in [0.3, 0.4) is 0 Å². The number of aliphatic hydroxyl groups is 1. The number of aliphatic hydroxyl groups excluding tert-OH is 1. The summed E-state index contributed by atoms with van der Waals surface area (Å²) in [6.07, 6.45) is 1.05. The monoisotopic (exact) mass is 473 g/mol. The summed E-state index contributed by atoms with van der Waals surface area (Å²) in [4.78, 5) is 13.6. The zero-order valence-electron chi connectivity index (χ0n) is 17.0. The molecule has 1 aliphatic rings. The molecule has 1 unspecified atom stereocenters. The maximum absolute atomic E-state index is 11.7. The summed E-state index contributed by atoms with van der Waals surface area (Å²) in [6.45, 7) is 1.26. The van der Waals surface area contributed by atoms with Gasteiger partial charge in [-0.25, -0.2) is 4.79 Å². The lowest BCUT2D eigenvalue weighted by molar-refractivity contribution is 0.0696. The van der Waals surface area contributed by atoms with E-state index in [-0.39, 0.29) is 12.3 Å². The Labute approximate surface area is 195 Å². The lowest BCUT2D eigenvalue weighted by Crippen LogP contribution is -2.39. The van der Waals surface area contributed by atoms with E-state index in [1.807, 2.05) is 29.2 Å². The number of carboxylic acid groups (broad SMARTS) is 1. The number of anilines is 2. The van der Waals surface area contributed by atoms with Crippen LogP contribution in [0.15, 0.2) is 52.8 Å². The molecule has 1 saturated heterocycles. The number of piperidine rings is 1. The first kappa shape index (κ1) is 22.3. The van der Waals surface area contributed by atoms with Crippen molar-refractivity contribution in [1.29, 1.82) is 0 Å². The van der Waals surface area contributed by atoms with Crippen LogP contribution in [-0.2, 0) is 0 Å². The fraction of sp³-hybridized carbons (Fsp3) is 0.286. The molecule has 0 bridgehead atoms. The summed E-state index contributed by atoms with van der Waals surface area (Å²) >= 11 is 8.60. The Morgan fingerprint density at radius 1 is 1.19 bits per heavy atom. The molecule has 168 valence electrons. The zero-order chi connectivity index (χ0) is 22.7. The van der Waals surface area contributed by atoms with Crippen molar-refractivity contribution in [1.82, 2.24) is 14.8 Å². The van der Waals surface area contributed by atoms with Crippen molar-refractivity contribution in [3.8, 4) is 11.4 Å². The molecule has 1 fully saturated rings. The highest BCUT2D eigenvalue weighted by Crippen LogP contribution is 2.29. The topological polar surface area (TPSA) is 113 Å². The third kappa shape index (κ3) is 4.95. The second-order valence-electron chi connectivity index (χ2n) is 7.38. The Morgan fingerprint density at radius 3 is 2.69 bits per heavy atom. The molecule has 2 aromatic carbocycles. The molecule has 1 atom stereocenters. The summed E-state index contributed by atoms with van der Waals surface area (Å²) in [6, 6.07) is 12.4. The van der Waals surface area contributed by atoms with Crippen LogP contribution in [0.2, 0.25) is 0 Å². The third-order valence-corrected chi connectivity index (χ3v) is 5.76. The van der Waals surface area contributed by atoms with Gasteiger partial charge >= 0.3 is 5.97 Å². The molecule has 3 aromatic rings. The molecule has 32 heavy (non-hydrogen) atoms. The summed E-state index contributed by atoms with van der Waals surface area (Å²) in [5, 5.41) is 31.4. The largest absolute Gasteiger partial charge is 0.478 e. The average molecular weight is 474 g/mol. The number of hydrogen-bond acceptors (Lipinski definition) is 9. The normalized spacial score (nSPS) is 16.1. The molecule has 9 nitrogen and oxygen atoms in total. The van der Waals surface area contributed by atoms with E-state index < -0.39 is 12.1 Å². The lowest BCUT2D eigenvalue weighted by atomic mass is 10.0. The van der Waals surface area contributed by atoms with Crippen molar-refractivity contribution in [2.45, 2.75) is 29.3 Å². The molecule has 0 radical (unpaired) electrons. The van der Waals surface area contributed by atoms with Crippen LogP contribution in [0.25, 0.3) is 5.69 Å². The first-order valence-electron chi connectivity index (χ1n) is 10.0. The van der Waals surface area contributed by atoms with Gasteiger partial charge in [-0.2, -0.15) is 0 Å². The quantitative estimate of drug-likeness (QED) is 0.263. The number of aromatic nitrogens is 3. The SMILES string of the molecule is O=C(O)c1ccc(OCNc2cccc(-n3c(S)nnc3S)c2)cc1N1CCCC(O)C1. The Morgan fingerprint density at radius 2 is 1.97 bits per heavy atom. The van der Waals surface area contributed by atoms with E-state index in [9.17, 15) is 15.0 Å². The summed E-state index contributed by atoms with van der Waals surface area (Å²) in [7, 11) is 0. The fourth-order valence-electron chi connectivity index (χ4n) is 3.67. The number of carboxylic acids is 1. The maximum atomic E-state index is 11.7. The van der Waals surface area contributed by atoms with Gasteiger partial charge in [-0.1, -0.05) is 6.07 Å². The highest BCUT2D eigenvalue weighted by Gasteiger charge is 2.23. The minimum atomic E-state index is -1.01. The molecule has 3 N–H and O–H groups in total. The van der Waals surface area contributed by atoms with Gasteiger partial charge in [0.25, 0.3) is 0 Å². The molecular weight excluding hydrogens is 450 g/mol. The van der Waals surface area contributed by atoms with Gasteiger partial charge in [0.05, 0.1) is 23.0 Å². The van der Waals surface area contributed by atoms with Crippen molar-refractivity contribution in [2.24, 2.45) is 0 Å². The van der Waals surface area contributed by atoms with Crippen LogP contribution < -0.4 is 15.0 Å². The summed E-state index contributed by atoms with van der Waals surface area (Å²) < 4.78 is 7.52. The molecule has 1 aliphatic heterocycles. The van der Waals surface area contributed by atoms with Crippen LogP contribution in [0.1, 0.15) is 23.2 Å². The maximum Gasteiger partial charge on any atom is 0.337 e. The van der Waals surface area contributed by atoms with Crippen molar-refractivity contribution in [3.05, 3.63) is 48.0 Å². The van der Waals surface area contributed by atoms with E-state index in [2.05, 4.69) is 40.8 Å². The predicted octanol–water partition coefficient (Wildman–Crippen LogP) is 2.95.